The number of aryl methyl sites for hydroxylation is 1. The van der Waals surface area contributed by atoms with Crippen molar-refractivity contribution in [1.82, 2.24) is 0 Å². The summed E-state index contributed by atoms with van der Waals surface area (Å²) in [6.07, 6.45) is 0.939. The number of esters is 1. The summed E-state index contributed by atoms with van der Waals surface area (Å²) in [6.45, 7) is 8.29. The Kier molecular flexibility index (Phi) is 5.32. The van der Waals surface area contributed by atoms with Gasteiger partial charge in [-0.15, -0.1) is 11.3 Å². The number of anilines is 2. The molecule has 1 unspecified atom stereocenters. The first-order valence-corrected chi connectivity index (χ1v) is 9.65. The number of rotatable bonds is 5. The molecule has 1 N–H and O–H groups in total. The summed E-state index contributed by atoms with van der Waals surface area (Å²) in [5, 5.41) is 3.50. The molecule has 0 saturated heterocycles. The lowest BCUT2D eigenvalue weighted by Crippen LogP contribution is -2.37. The molecule has 1 amide bonds. The number of amides is 1. The number of para-hydroxylation sites is 1. The molecule has 0 fully saturated rings. The maximum absolute atomic E-state index is 12.7. The Morgan fingerprint density at radius 2 is 2.04 bits per heavy atom. The lowest BCUT2D eigenvalue weighted by atomic mass is 10.1. The second-order valence-electron chi connectivity index (χ2n) is 6.57. The van der Waals surface area contributed by atoms with Crippen molar-refractivity contribution < 1.29 is 14.3 Å². The van der Waals surface area contributed by atoms with Crippen LogP contribution in [0.3, 0.4) is 0 Å². The van der Waals surface area contributed by atoms with Gasteiger partial charge in [-0.1, -0.05) is 18.2 Å². The van der Waals surface area contributed by atoms with Crippen molar-refractivity contribution in [3.63, 3.8) is 0 Å². The largest absolute Gasteiger partial charge is 0.462 e. The summed E-state index contributed by atoms with van der Waals surface area (Å²) < 4.78 is 5.15. The Morgan fingerprint density at radius 3 is 2.77 bits per heavy atom. The van der Waals surface area contributed by atoms with Gasteiger partial charge in [0.25, 0.3) is 0 Å². The molecule has 2 heterocycles. The van der Waals surface area contributed by atoms with Gasteiger partial charge in [-0.05, 0) is 51.3 Å². The van der Waals surface area contributed by atoms with E-state index in [1.165, 1.54) is 16.9 Å². The van der Waals surface area contributed by atoms with Gasteiger partial charge in [-0.2, -0.15) is 0 Å². The van der Waals surface area contributed by atoms with Gasteiger partial charge < -0.3 is 15.0 Å². The van der Waals surface area contributed by atoms with Crippen LogP contribution in [0, 0.1) is 13.8 Å². The van der Waals surface area contributed by atoms with Gasteiger partial charge >= 0.3 is 5.97 Å². The van der Waals surface area contributed by atoms with Crippen LogP contribution in [0.15, 0.2) is 24.3 Å². The van der Waals surface area contributed by atoms with Gasteiger partial charge in [0.15, 0.2) is 0 Å². The normalized spacial score (nSPS) is 15.7. The second kappa shape index (κ2) is 7.50. The van der Waals surface area contributed by atoms with E-state index in [0.717, 1.165) is 22.5 Å². The summed E-state index contributed by atoms with van der Waals surface area (Å²) >= 11 is 1.42. The lowest BCUT2D eigenvalue weighted by molar-refractivity contribution is -0.115. The van der Waals surface area contributed by atoms with Crippen LogP contribution in [-0.2, 0) is 16.0 Å². The standard InChI is InChI=1S/C20H24N2O3S/c1-5-25-20(24)18-13(3)14(4)26-19(18)21-17(23)11-22-12(2)10-15-8-6-7-9-16(15)22/h6-9,12H,5,10-11H2,1-4H3,(H,21,23). The molecule has 5 nitrogen and oxygen atoms in total. The second-order valence-corrected chi connectivity index (χ2v) is 7.79. The molecule has 0 spiro atoms. The van der Waals surface area contributed by atoms with E-state index in [-0.39, 0.29) is 24.5 Å². The van der Waals surface area contributed by atoms with E-state index < -0.39 is 0 Å². The van der Waals surface area contributed by atoms with Crippen molar-refractivity contribution >= 4 is 33.9 Å². The number of carbonyl (C=O) groups excluding carboxylic acids is 2. The van der Waals surface area contributed by atoms with Gasteiger partial charge in [0.1, 0.15) is 5.00 Å². The molecule has 0 saturated carbocycles. The number of fused-ring (bicyclic) bond motifs is 1. The highest BCUT2D eigenvalue weighted by atomic mass is 32.1. The third-order valence-electron chi connectivity index (χ3n) is 4.78. The Bertz CT molecular complexity index is 844. The molecule has 1 aliphatic heterocycles. The van der Waals surface area contributed by atoms with Gasteiger partial charge in [0.05, 0.1) is 18.7 Å². The van der Waals surface area contributed by atoms with Crippen LogP contribution < -0.4 is 10.2 Å². The molecule has 1 aromatic carbocycles. The molecule has 3 rings (SSSR count). The number of carbonyl (C=O) groups is 2. The Labute approximate surface area is 158 Å². The van der Waals surface area contributed by atoms with E-state index in [2.05, 4.69) is 29.3 Å². The first-order chi connectivity index (χ1) is 12.4. The summed E-state index contributed by atoms with van der Waals surface area (Å²) in [5.41, 5.74) is 3.71. The number of hydrogen-bond donors (Lipinski definition) is 1. The summed E-state index contributed by atoms with van der Waals surface area (Å²) in [5.74, 6) is -0.509. The van der Waals surface area contributed by atoms with E-state index in [4.69, 9.17) is 4.74 Å². The molecule has 0 aliphatic carbocycles. The number of benzene rings is 1. The van der Waals surface area contributed by atoms with Crippen molar-refractivity contribution in [2.24, 2.45) is 0 Å². The predicted molar refractivity (Wildman–Crippen MR) is 105 cm³/mol. The van der Waals surface area contributed by atoms with Gasteiger partial charge in [0, 0.05) is 16.6 Å². The molecule has 0 radical (unpaired) electrons. The molecule has 138 valence electrons. The summed E-state index contributed by atoms with van der Waals surface area (Å²) in [6, 6.07) is 8.45. The van der Waals surface area contributed by atoms with Gasteiger partial charge in [-0.3, -0.25) is 4.79 Å². The number of nitrogens with zero attached hydrogens (tertiary/aromatic N) is 1. The van der Waals surface area contributed by atoms with Gasteiger partial charge in [-0.25, -0.2) is 4.79 Å². The molecule has 1 aromatic heterocycles. The van der Waals surface area contributed by atoms with Crippen LogP contribution in [0.1, 0.15) is 40.2 Å². The molecule has 1 aliphatic rings. The summed E-state index contributed by atoms with van der Waals surface area (Å²) in [7, 11) is 0. The number of ether oxygens (including phenoxy) is 1. The molecule has 2 aromatic rings. The zero-order chi connectivity index (χ0) is 18.8. The fourth-order valence-electron chi connectivity index (χ4n) is 3.36. The van der Waals surface area contributed by atoms with Crippen LogP contribution in [0.25, 0.3) is 0 Å². The number of hydrogen-bond acceptors (Lipinski definition) is 5. The monoisotopic (exact) mass is 372 g/mol. The minimum atomic E-state index is -0.385. The Morgan fingerprint density at radius 1 is 1.31 bits per heavy atom. The molecule has 26 heavy (non-hydrogen) atoms. The van der Waals surface area contributed by atoms with Crippen LogP contribution in [0.4, 0.5) is 10.7 Å². The average molecular weight is 372 g/mol. The number of nitrogens with one attached hydrogen (secondary N) is 1. The molecule has 6 heteroatoms. The van der Waals surface area contributed by atoms with E-state index in [1.54, 1.807) is 6.92 Å². The highest BCUT2D eigenvalue weighted by molar-refractivity contribution is 7.16. The predicted octanol–water partition coefficient (Wildman–Crippen LogP) is 3.93. The molecule has 0 bridgehead atoms. The van der Waals surface area contributed by atoms with Gasteiger partial charge in [0.2, 0.25) is 5.91 Å². The van der Waals surface area contributed by atoms with E-state index in [9.17, 15) is 9.59 Å². The third-order valence-corrected chi connectivity index (χ3v) is 5.90. The lowest BCUT2D eigenvalue weighted by Gasteiger charge is -2.24. The zero-order valence-corrected chi connectivity index (χ0v) is 16.4. The Hall–Kier alpha value is -2.34. The van der Waals surface area contributed by atoms with Crippen molar-refractivity contribution in [3.8, 4) is 0 Å². The van der Waals surface area contributed by atoms with Crippen LogP contribution in [0.5, 0.6) is 0 Å². The Balaban J connectivity index is 1.77. The van der Waals surface area contributed by atoms with E-state index >= 15 is 0 Å². The highest BCUT2D eigenvalue weighted by Crippen LogP contribution is 2.34. The molecular weight excluding hydrogens is 348 g/mol. The van der Waals surface area contributed by atoms with Crippen molar-refractivity contribution in [1.29, 1.82) is 0 Å². The van der Waals surface area contributed by atoms with E-state index in [1.807, 2.05) is 26.0 Å². The minimum absolute atomic E-state index is 0.125. The van der Waals surface area contributed by atoms with Crippen molar-refractivity contribution in [2.75, 3.05) is 23.4 Å². The summed E-state index contributed by atoms with van der Waals surface area (Å²) in [4.78, 5) is 28.1. The fraction of sp³-hybridized carbons (Fsp3) is 0.400. The molecule has 1 atom stereocenters. The maximum atomic E-state index is 12.7. The van der Waals surface area contributed by atoms with Crippen molar-refractivity contribution in [2.45, 2.75) is 40.2 Å². The average Bonchev–Trinajstić information content (AvgIpc) is 3.05. The minimum Gasteiger partial charge on any atom is -0.462 e. The fourth-order valence-corrected chi connectivity index (χ4v) is 4.42. The highest BCUT2D eigenvalue weighted by Gasteiger charge is 2.28. The zero-order valence-electron chi connectivity index (χ0n) is 15.6. The van der Waals surface area contributed by atoms with Crippen molar-refractivity contribution in [3.05, 3.63) is 45.8 Å². The smallest absolute Gasteiger partial charge is 0.341 e. The number of thiophene rings is 1. The first-order valence-electron chi connectivity index (χ1n) is 8.83. The van der Waals surface area contributed by atoms with Crippen LogP contribution >= 0.6 is 11.3 Å². The topological polar surface area (TPSA) is 58.6 Å². The quantitative estimate of drug-likeness (QED) is 0.808. The molecular formula is C20H24N2O3S. The maximum Gasteiger partial charge on any atom is 0.341 e. The van der Waals surface area contributed by atoms with Crippen LogP contribution in [-0.4, -0.2) is 31.1 Å². The van der Waals surface area contributed by atoms with E-state index in [0.29, 0.717) is 17.2 Å². The first kappa shape index (κ1) is 18.5. The SMILES string of the molecule is CCOC(=O)c1c(NC(=O)CN2c3ccccc3CC2C)sc(C)c1C. The van der Waals surface area contributed by atoms with Crippen LogP contribution in [0.2, 0.25) is 0 Å². The third kappa shape index (κ3) is 3.46.